The van der Waals surface area contributed by atoms with E-state index >= 15 is 0 Å². The molecule has 0 bridgehead atoms. The molecule has 0 spiro atoms. The van der Waals surface area contributed by atoms with Gasteiger partial charge in [-0.1, -0.05) is 52.4 Å². The first kappa shape index (κ1) is 17.2. The third kappa shape index (κ3) is 6.51. The standard InChI is InChI=1S/C18H32N2/c1-5-7-8-9-10-11-12-18(19-6-2)17-13-15(3)20-16(4)14-17/h13-14,18-19H,5-12H2,1-4H3. The third-order valence-corrected chi connectivity index (χ3v) is 3.80. The second-order valence-corrected chi connectivity index (χ2v) is 5.85. The smallest absolute Gasteiger partial charge is 0.0379 e. The lowest BCUT2D eigenvalue weighted by Crippen LogP contribution is -2.21. The van der Waals surface area contributed by atoms with E-state index in [1.165, 1.54) is 50.5 Å². The number of hydrogen-bond donors (Lipinski definition) is 1. The normalized spacial score (nSPS) is 12.6. The van der Waals surface area contributed by atoms with Crippen LogP contribution in [0.3, 0.4) is 0 Å². The van der Waals surface area contributed by atoms with Gasteiger partial charge in [0.2, 0.25) is 0 Å². The summed E-state index contributed by atoms with van der Waals surface area (Å²) < 4.78 is 0. The maximum atomic E-state index is 4.48. The van der Waals surface area contributed by atoms with Gasteiger partial charge in [-0.3, -0.25) is 4.98 Å². The molecule has 0 saturated carbocycles. The van der Waals surface area contributed by atoms with Crippen LogP contribution >= 0.6 is 0 Å². The molecule has 1 aromatic heterocycles. The van der Waals surface area contributed by atoms with E-state index in [4.69, 9.17) is 0 Å². The van der Waals surface area contributed by atoms with Crippen LogP contribution in [0.25, 0.3) is 0 Å². The molecule has 2 nitrogen and oxygen atoms in total. The highest BCUT2D eigenvalue weighted by molar-refractivity contribution is 5.23. The van der Waals surface area contributed by atoms with Crippen LogP contribution in [0.5, 0.6) is 0 Å². The quantitative estimate of drug-likeness (QED) is 0.601. The van der Waals surface area contributed by atoms with Gasteiger partial charge in [0.15, 0.2) is 0 Å². The van der Waals surface area contributed by atoms with Gasteiger partial charge in [-0.2, -0.15) is 0 Å². The Morgan fingerprint density at radius 3 is 2.15 bits per heavy atom. The highest BCUT2D eigenvalue weighted by Crippen LogP contribution is 2.21. The Bertz CT molecular complexity index is 353. The van der Waals surface area contributed by atoms with Crippen LogP contribution in [0.2, 0.25) is 0 Å². The first-order chi connectivity index (χ1) is 9.67. The van der Waals surface area contributed by atoms with E-state index in [9.17, 15) is 0 Å². The number of pyridine rings is 1. The van der Waals surface area contributed by atoms with Gasteiger partial charge in [0, 0.05) is 17.4 Å². The minimum atomic E-state index is 0.492. The fourth-order valence-corrected chi connectivity index (χ4v) is 2.83. The van der Waals surface area contributed by atoms with Crippen molar-refractivity contribution >= 4 is 0 Å². The van der Waals surface area contributed by atoms with Crippen LogP contribution in [-0.2, 0) is 0 Å². The van der Waals surface area contributed by atoms with Gasteiger partial charge in [0.1, 0.15) is 0 Å². The van der Waals surface area contributed by atoms with Crippen LogP contribution in [-0.4, -0.2) is 11.5 Å². The van der Waals surface area contributed by atoms with Crippen LogP contribution in [0.15, 0.2) is 12.1 Å². The molecule has 1 atom stereocenters. The fraction of sp³-hybridized carbons (Fsp3) is 0.722. The molecule has 1 heterocycles. The zero-order valence-corrected chi connectivity index (χ0v) is 13.8. The fourth-order valence-electron chi connectivity index (χ4n) is 2.83. The summed E-state index contributed by atoms with van der Waals surface area (Å²) in [6.45, 7) is 9.67. The highest BCUT2D eigenvalue weighted by Gasteiger charge is 2.11. The zero-order chi connectivity index (χ0) is 14.8. The Morgan fingerprint density at radius 1 is 0.950 bits per heavy atom. The summed E-state index contributed by atoms with van der Waals surface area (Å²) in [7, 11) is 0. The number of nitrogens with one attached hydrogen (secondary N) is 1. The molecule has 2 heteroatoms. The summed E-state index contributed by atoms with van der Waals surface area (Å²) in [5, 5.41) is 3.63. The lowest BCUT2D eigenvalue weighted by molar-refractivity contribution is 0.476. The summed E-state index contributed by atoms with van der Waals surface area (Å²) in [6.07, 6.45) is 9.43. The SMILES string of the molecule is CCCCCCCCC(NCC)c1cc(C)nc(C)c1. The second kappa shape index (κ2) is 9.93. The largest absolute Gasteiger partial charge is 0.310 e. The maximum Gasteiger partial charge on any atom is 0.0379 e. The molecule has 1 aromatic rings. The first-order valence-corrected chi connectivity index (χ1v) is 8.36. The van der Waals surface area contributed by atoms with Gasteiger partial charge in [-0.05, 0) is 44.5 Å². The number of unbranched alkanes of at least 4 members (excludes halogenated alkanes) is 5. The summed E-state index contributed by atoms with van der Waals surface area (Å²) in [5.41, 5.74) is 3.67. The summed E-state index contributed by atoms with van der Waals surface area (Å²) in [5.74, 6) is 0. The van der Waals surface area contributed by atoms with Gasteiger partial charge < -0.3 is 5.32 Å². The molecule has 0 amide bonds. The molecule has 1 rings (SSSR count). The van der Waals surface area contributed by atoms with Gasteiger partial charge in [-0.25, -0.2) is 0 Å². The minimum Gasteiger partial charge on any atom is -0.310 e. The van der Waals surface area contributed by atoms with E-state index in [0.29, 0.717) is 6.04 Å². The van der Waals surface area contributed by atoms with Crippen LogP contribution in [0.4, 0.5) is 0 Å². The lowest BCUT2D eigenvalue weighted by Gasteiger charge is -2.19. The van der Waals surface area contributed by atoms with Crippen molar-refractivity contribution in [3.05, 3.63) is 29.1 Å². The van der Waals surface area contributed by atoms with Gasteiger partial charge in [0.05, 0.1) is 0 Å². The number of rotatable bonds is 10. The topological polar surface area (TPSA) is 24.9 Å². The molecule has 114 valence electrons. The number of nitrogens with zero attached hydrogens (tertiary/aromatic N) is 1. The number of aryl methyl sites for hydroxylation is 2. The van der Waals surface area contributed by atoms with E-state index in [0.717, 1.165) is 17.9 Å². The van der Waals surface area contributed by atoms with Crippen molar-refractivity contribution in [1.82, 2.24) is 10.3 Å². The van der Waals surface area contributed by atoms with Crippen molar-refractivity contribution in [2.75, 3.05) is 6.54 Å². The maximum absolute atomic E-state index is 4.48. The van der Waals surface area contributed by atoms with E-state index in [-0.39, 0.29) is 0 Å². The first-order valence-electron chi connectivity index (χ1n) is 8.36. The molecule has 0 fully saturated rings. The second-order valence-electron chi connectivity index (χ2n) is 5.85. The van der Waals surface area contributed by atoms with Gasteiger partial charge in [-0.15, -0.1) is 0 Å². The van der Waals surface area contributed by atoms with Crippen LogP contribution < -0.4 is 5.32 Å². The molecular weight excluding hydrogens is 244 g/mol. The number of hydrogen-bond acceptors (Lipinski definition) is 2. The molecule has 1 N–H and O–H groups in total. The Balaban J connectivity index is 2.47. The molecule has 0 saturated heterocycles. The number of aromatic nitrogens is 1. The molecule has 0 aromatic carbocycles. The minimum absolute atomic E-state index is 0.492. The van der Waals surface area contributed by atoms with E-state index < -0.39 is 0 Å². The molecule has 1 unspecified atom stereocenters. The third-order valence-electron chi connectivity index (χ3n) is 3.80. The van der Waals surface area contributed by atoms with Crippen molar-refractivity contribution in [2.45, 2.75) is 78.7 Å². The average molecular weight is 276 g/mol. The Labute approximate surface area is 125 Å². The molecular formula is C18H32N2. The Hall–Kier alpha value is -0.890. The molecule has 0 aliphatic carbocycles. The predicted octanol–water partition coefficient (Wildman–Crippen LogP) is 5.10. The van der Waals surface area contributed by atoms with E-state index in [2.05, 4.69) is 50.1 Å². The van der Waals surface area contributed by atoms with Gasteiger partial charge in [0.25, 0.3) is 0 Å². The molecule has 0 aliphatic rings. The average Bonchev–Trinajstić information content (AvgIpc) is 2.40. The van der Waals surface area contributed by atoms with E-state index in [1.54, 1.807) is 0 Å². The molecule has 0 aliphatic heterocycles. The predicted molar refractivity (Wildman–Crippen MR) is 88.1 cm³/mol. The van der Waals surface area contributed by atoms with Crippen molar-refractivity contribution < 1.29 is 0 Å². The van der Waals surface area contributed by atoms with Crippen LogP contribution in [0.1, 0.15) is 81.8 Å². The zero-order valence-electron chi connectivity index (χ0n) is 13.8. The van der Waals surface area contributed by atoms with E-state index in [1.807, 2.05) is 0 Å². The molecule has 20 heavy (non-hydrogen) atoms. The summed E-state index contributed by atoms with van der Waals surface area (Å²) in [4.78, 5) is 4.48. The van der Waals surface area contributed by atoms with Crippen LogP contribution in [0, 0.1) is 13.8 Å². The summed E-state index contributed by atoms with van der Waals surface area (Å²) in [6, 6.07) is 4.96. The monoisotopic (exact) mass is 276 g/mol. The van der Waals surface area contributed by atoms with Crippen molar-refractivity contribution in [3.8, 4) is 0 Å². The van der Waals surface area contributed by atoms with Crippen molar-refractivity contribution in [1.29, 1.82) is 0 Å². The summed E-state index contributed by atoms with van der Waals surface area (Å²) >= 11 is 0. The molecule has 0 radical (unpaired) electrons. The Morgan fingerprint density at radius 2 is 1.55 bits per heavy atom. The van der Waals surface area contributed by atoms with Crippen molar-refractivity contribution in [3.63, 3.8) is 0 Å². The van der Waals surface area contributed by atoms with Gasteiger partial charge >= 0.3 is 0 Å². The highest BCUT2D eigenvalue weighted by atomic mass is 14.9. The lowest BCUT2D eigenvalue weighted by atomic mass is 9.99. The van der Waals surface area contributed by atoms with Crippen molar-refractivity contribution in [2.24, 2.45) is 0 Å². The Kier molecular flexibility index (Phi) is 8.52.